The molecule has 0 unspecified atom stereocenters. The van der Waals surface area contributed by atoms with Crippen LogP contribution in [0.1, 0.15) is 0 Å². The molecule has 0 aromatic heterocycles. The number of nitrogens with zero attached hydrogens (tertiary/aromatic N) is 2. The summed E-state index contributed by atoms with van der Waals surface area (Å²) in [7, 11) is -2.60. The summed E-state index contributed by atoms with van der Waals surface area (Å²) in [5, 5.41) is 8.79. The van der Waals surface area contributed by atoms with E-state index in [0.29, 0.717) is 0 Å². The standard InChI is InChI=1S/C10H8Cl2N2O2S/c1-14(9(7-13)10(11)12)17(15,16)8-5-3-2-4-6-8/h2-6H,1H3. The zero-order chi connectivity index (χ0) is 13.1. The molecule has 0 fully saturated rings. The fraction of sp³-hybridized carbons (Fsp3) is 0.100. The first kappa shape index (κ1) is 13.8. The molecule has 0 saturated carbocycles. The third-order valence-electron chi connectivity index (χ3n) is 2.00. The van der Waals surface area contributed by atoms with Crippen LogP contribution >= 0.6 is 23.2 Å². The molecule has 1 aromatic rings. The maximum absolute atomic E-state index is 12.1. The Bertz CT molecular complexity index is 572. The highest BCUT2D eigenvalue weighted by molar-refractivity contribution is 7.89. The lowest BCUT2D eigenvalue weighted by Gasteiger charge is -2.17. The quantitative estimate of drug-likeness (QED) is 0.804. The van der Waals surface area contributed by atoms with E-state index in [-0.39, 0.29) is 10.6 Å². The Morgan fingerprint density at radius 3 is 2.24 bits per heavy atom. The van der Waals surface area contributed by atoms with Gasteiger partial charge in [-0.25, -0.2) is 8.42 Å². The lowest BCUT2D eigenvalue weighted by molar-refractivity contribution is 0.530. The third-order valence-corrected chi connectivity index (χ3v) is 4.13. The number of rotatable bonds is 3. The molecule has 0 bridgehead atoms. The first-order valence-corrected chi connectivity index (χ1v) is 6.60. The molecule has 0 aliphatic heterocycles. The van der Waals surface area contributed by atoms with E-state index in [4.69, 9.17) is 28.5 Å². The third kappa shape index (κ3) is 2.91. The first-order valence-electron chi connectivity index (χ1n) is 4.40. The van der Waals surface area contributed by atoms with E-state index in [1.54, 1.807) is 24.3 Å². The van der Waals surface area contributed by atoms with Crippen LogP contribution in [0.15, 0.2) is 45.4 Å². The van der Waals surface area contributed by atoms with Crippen molar-refractivity contribution in [1.82, 2.24) is 4.31 Å². The summed E-state index contributed by atoms with van der Waals surface area (Å²) in [6.07, 6.45) is 0. The van der Waals surface area contributed by atoms with Crippen molar-refractivity contribution in [2.75, 3.05) is 7.05 Å². The van der Waals surface area contributed by atoms with E-state index in [0.717, 1.165) is 4.31 Å². The van der Waals surface area contributed by atoms with Gasteiger partial charge in [0.05, 0.1) is 4.90 Å². The van der Waals surface area contributed by atoms with Crippen LogP contribution in [0, 0.1) is 11.3 Å². The number of hydrogen-bond acceptors (Lipinski definition) is 3. The van der Waals surface area contributed by atoms with E-state index >= 15 is 0 Å². The SMILES string of the molecule is CN(C(C#N)=C(Cl)Cl)S(=O)(=O)c1ccccc1. The Balaban J connectivity index is 3.27. The van der Waals surface area contributed by atoms with Crippen LogP contribution in [-0.2, 0) is 10.0 Å². The van der Waals surface area contributed by atoms with E-state index in [1.165, 1.54) is 19.2 Å². The molecule has 7 heteroatoms. The zero-order valence-corrected chi connectivity index (χ0v) is 11.1. The topological polar surface area (TPSA) is 61.2 Å². The molecule has 4 nitrogen and oxygen atoms in total. The average molecular weight is 291 g/mol. The Hall–Kier alpha value is -1.22. The van der Waals surface area contributed by atoms with Gasteiger partial charge in [0.25, 0.3) is 10.0 Å². The minimum absolute atomic E-state index is 0.0600. The Labute approximate surface area is 110 Å². The van der Waals surface area contributed by atoms with Gasteiger partial charge in [0.15, 0.2) is 5.70 Å². The summed E-state index contributed by atoms with van der Waals surface area (Å²) in [5.41, 5.74) is -0.322. The average Bonchev–Trinajstić information content (AvgIpc) is 2.30. The molecular formula is C10H8Cl2N2O2S. The fourth-order valence-corrected chi connectivity index (χ4v) is 2.73. The number of benzene rings is 1. The van der Waals surface area contributed by atoms with E-state index in [9.17, 15) is 8.42 Å². The normalized spacial score (nSPS) is 10.5. The molecule has 1 rings (SSSR count). The van der Waals surface area contributed by atoms with Gasteiger partial charge >= 0.3 is 0 Å². The fourth-order valence-electron chi connectivity index (χ4n) is 1.10. The molecule has 0 spiro atoms. The van der Waals surface area contributed by atoms with Gasteiger partial charge in [-0.2, -0.15) is 5.26 Å². The minimum atomic E-state index is -3.81. The summed E-state index contributed by atoms with van der Waals surface area (Å²) in [4.78, 5) is 0.0600. The highest BCUT2D eigenvalue weighted by Gasteiger charge is 2.24. The smallest absolute Gasteiger partial charge is 0.257 e. The molecular weight excluding hydrogens is 283 g/mol. The van der Waals surface area contributed by atoms with Gasteiger partial charge in [-0.1, -0.05) is 41.4 Å². The Morgan fingerprint density at radius 2 is 1.82 bits per heavy atom. The Morgan fingerprint density at radius 1 is 1.29 bits per heavy atom. The largest absolute Gasteiger partial charge is 0.264 e. The summed E-state index contributed by atoms with van der Waals surface area (Å²) < 4.78 is 24.5. The second-order valence-electron chi connectivity index (χ2n) is 3.01. The zero-order valence-electron chi connectivity index (χ0n) is 8.76. The second-order valence-corrected chi connectivity index (χ2v) is 5.93. The molecule has 17 heavy (non-hydrogen) atoms. The molecule has 1 aromatic carbocycles. The van der Waals surface area contributed by atoms with Gasteiger partial charge in [0, 0.05) is 7.05 Å². The van der Waals surface area contributed by atoms with E-state index in [2.05, 4.69) is 0 Å². The van der Waals surface area contributed by atoms with Gasteiger partial charge in [0.2, 0.25) is 0 Å². The van der Waals surface area contributed by atoms with Crippen LogP contribution in [0.4, 0.5) is 0 Å². The molecule has 0 aliphatic carbocycles. The van der Waals surface area contributed by atoms with Crippen molar-refractivity contribution in [3.8, 4) is 6.07 Å². The van der Waals surface area contributed by atoms with Crippen molar-refractivity contribution < 1.29 is 8.42 Å². The van der Waals surface area contributed by atoms with Crippen molar-refractivity contribution in [1.29, 1.82) is 5.26 Å². The van der Waals surface area contributed by atoms with Crippen molar-refractivity contribution in [3.63, 3.8) is 0 Å². The van der Waals surface area contributed by atoms with Crippen LogP contribution in [0.5, 0.6) is 0 Å². The van der Waals surface area contributed by atoms with E-state index < -0.39 is 14.5 Å². The predicted molar refractivity (Wildman–Crippen MR) is 65.7 cm³/mol. The van der Waals surface area contributed by atoms with Crippen LogP contribution in [0.3, 0.4) is 0 Å². The monoisotopic (exact) mass is 290 g/mol. The van der Waals surface area contributed by atoms with Crippen molar-refractivity contribution in [3.05, 3.63) is 40.5 Å². The molecule has 0 heterocycles. The van der Waals surface area contributed by atoms with E-state index in [1.807, 2.05) is 0 Å². The molecule has 0 radical (unpaired) electrons. The molecule has 0 amide bonds. The van der Waals surface area contributed by atoms with Gasteiger partial charge in [-0.3, -0.25) is 4.31 Å². The van der Waals surface area contributed by atoms with Crippen LogP contribution in [-0.4, -0.2) is 19.8 Å². The maximum atomic E-state index is 12.1. The first-order chi connectivity index (χ1) is 7.91. The van der Waals surface area contributed by atoms with Crippen LogP contribution < -0.4 is 0 Å². The highest BCUT2D eigenvalue weighted by atomic mass is 35.5. The lowest BCUT2D eigenvalue weighted by Crippen LogP contribution is -2.26. The molecule has 0 saturated heterocycles. The molecule has 0 N–H and O–H groups in total. The molecule has 0 aliphatic rings. The van der Waals surface area contributed by atoms with Gasteiger partial charge in [0.1, 0.15) is 10.6 Å². The van der Waals surface area contributed by atoms with Crippen molar-refractivity contribution in [2.24, 2.45) is 0 Å². The number of allylic oxidation sites excluding steroid dienone is 1. The van der Waals surface area contributed by atoms with Crippen molar-refractivity contribution >= 4 is 33.2 Å². The van der Waals surface area contributed by atoms with Crippen LogP contribution in [0.25, 0.3) is 0 Å². The lowest BCUT2D eigenvalue weighted by atomic mass is 10.4. The van der Waals surface area contributed by atoms with Crippen LogP contribution in [0.2, 0.25) is 0 Å². The maximum Gasteiger partial charge on any atom is 0.264 e. The van der Waals surface area contributed by atoms with Gasteiger partial charge in [-0.05, 0) is 12.1 Å². The summed E-state index contributed by atoms with van der Waals surface area (Å²) in [6, 6.07) is 9.33. The molecule has 90 valence electrons. The van der Waals surface area contributed by atoms with Gasteiger partial charge < -0.3 is 0 Å². The number of nitriles is 1. The summed E-state index contributed by atoms with van der Waals surface area (Å²) in [5.74, 6) is 0. The number of halogens is 2. The van der Waals surface area contributed by atoms with Crippen molar-refractivity contribution in [2.45, 2.75) is 4.90 Å². The second kappa shape index (κ2) is 5.41. The summed E-state index contributed by atoms with van der Waals surface area (Å²) >= 11 is 10.9. The Kier molecular flexibility index (Phi) is 4.40. The highest BCUT2D eigenvalue weighted by Crippen LogP contribution is 2.22. The summed E-state index contributed by atoms with van der Waals surface area (Å²) in [6.45, 7) is 0. The number of hydrogen-bond donors (Lipinski definition) is 0. The molecule has 0 atom stereocenters. The van der Waals surface area contributed by atoms with Gasteiger partial charge in [-0.15, -0.1) is 0 Å². The number of sulfonamides is 1. The predicted octanol–water partition coefficient (Wildman–Crippen LogP) is 2.48. The minimum Gasteiger partial charge on any atom is -0.257 e.